The number of nitrogens with zero attached hydrogens (tertiary/aromatic N) is 1. The van der Waals surface area contributed by atoms with Crippen LogP contribution in [0.4, 0.5) is 0 Å². The molecule has 3 aromatic rings. The summed E-state index contributed by atoms with van der Waals surface area (Å²) < 4.78 is 37.5. The zero-order valence-corrected chi connectivity index (χ0v) is 16.8. The lowest BCUT2D eigenvalue weighted by Crippen LogP contribution is -2.44. The quantitative estimate of drug-likeness (QED) is 0.578. The summed E-state index contributed by atoms with van der Waals surface area (Å²) in [6.07, 6.45) is 1.46. The van der Waals surface area contributed by atoms with Crippen LogP contribution < -0.4 is 14.8 Å². The number of ether oxygens (including phenoxy) is 1. The van der Waals surface area contributed by atoms with E-state index in [-0.39, 0.29) is 11.4 Å². The van der Waals surface area contributed by atoms with Crippen molar-refractivity contribution in [3.05, 3.63) is 53.7 Å². The molecule has 28 heavy (non-hydrogen) atoms. The number of oxazole rings is 1. The third-order valence-corrected chi connectivity index (χ3v) is 6.24. The van der Waals surface area contributed by atoms with E-state index in [1.165, 1.54) is 55.9 Å². The zero-order valence-electron chi connectivity index (χ0n) is 15.2. The molecular weight excluding hydrogens is 402 g/mol. The number of carbonyl (C=O) groups excluding carboxylic acids is 1. The van der Waals surface area contributed by atoms with Crippen LogP contribution in [0.1, 0.15) is 12.6 Å². The second kappa shape index (κ2) is 8.55. The average molecular weight is 422 g/mol. The maximum Gasteiger partial charge on any atom is 0.241 e. The van der Waals surface area contributed by atoms with Crippen molar-refractivity contribution in [2.45, 2.75) is 24.4 Å². The Balaban J connectivity index is 1.56. The van der Waals surface area contributed by atoms with Gasteiger partial charge in [0.15, 0.2) is 0 Å². The van der Waals surface area contributed by atoms with Crippen molar-refractivity contribution in [3.63, 3.8) is 0 Å². The van der Waals surface area contributed by atoms with Gasteiger partial charge in [0, 0.05) is 0 Å². The van der Waals surface area contributed by atoms with Crippen molar-refractivity contribution in [2.75, 3.05) is 7.11 Å². The Bertz CT molecular complexity index is 1030. The van der Waals surface area contributed by atoms with Crippen LogP contribution >= 0.6 is 11.3 Å². The van der Waals surface area contributed by atoms with Crippen molar-refractivity contribution in [2.24, 2.45) is 0 Å². The minimum absolute atomic E-state index is 0.0463. The van der Waals surface area contributed by atoms with E-state index < -0.39 is 22.0 Å². The highest BCUT2D eigenvalue weighted by molar-refractivity contribution is 7.89. The van der Waals surface area contributed by atoms with Gasteiger partial charge in [-0.05, 0) is 42.6 Å². The number of methoxy groups -OCH3 is 1. The average Bonchev–Trinajstić information content (AvgIpc) is 3.37. The van der Waals surface area contributed by atoms with Crippen molar-refractivity contribution in [3.8, 4) is 16.5 Å². The molecule has 2 aromatic heterocycles. The fourth-order valence-electron chi connectivity index (χ4n) is 2.34. The predicted molar refractivity (Wildman–Crippen MR) is 104 cm³/mol. The van der Waals surface area contributed by atoms with E-state index in [4.69, 9.17) is 9.15 Å². The first-order valence-electron chi connectivity index (χ1n) is 8.31. The van der Waals surface area contributed by atoms with Gasteiger partial charge in [-0.15, -0.1) is 11.3 Å². The number of thiophene rings is 1. The summed E-state index contributed by atoms with van der Waals surface area (Å²) in [5.74, 6) is 0.546. The van der Waals surface area contributed by atoms with Crippen LogP contribution in [0.5, 0.6) is 5.75 Å². The van der Waals surface area contributed by atoms with Crippen LogP contribution in [0.15, 0.2) is 57.4 Å². The van der Waals surface area contributed by atoms with E-state index in [2.05, 4.69) is 15.0 Å². The molecule has 0 saturated heterocycles. The molecule has 0 aliphatic rings. The first-order chi connectivity index (χ1) is 13.4. The summed E-state index contributed by atoms with van der Waals surface area (Å²) in [5.41, 5.74) is 0.543. The Hall–Kier alpha value is -2.69. The van der Waals surface area contributed by atoms with Gasteiger partial charge in [0.25, 0.3) is 0 Å². The number of sulfonamides is 1. The second-order valence-electron chi connectivity index (χ2n) is 5.86. The second-order valence-corrected chi connectivity index (χ2v) is 8.52. The molecule has 1 aromatic carbocycles. The van der Waals surface area contributed by atoms with E-state index >= 15 is 0 Å². The lowest BCUT2D eigenvalue weighted by molar-refractivity contribution is -0.122. The summed E-state index contributed by atoms with van der Waals surface area (Å²) in [5, 5.41) is 4.56. The van der Waals surface area contributed by atoms with Crippen LogP contribution in [0.25, 0.3) is 10.8 Å². The van der Waals surface area contributed by atoms with Gasteiger partial charge in [0.05, 0.1) is 35.2 Å². The lowest BCUT2D eigenvalue weighted by Gasteiger charge is -2.14. The van der Waals surface area contributed by atoms with Crippen molar-refractivity contribution in [1.82, 2.24) is 15.0 Å². The number of nitrogens with one attached hydrogen (secondary N) is 2. The van der Waals surface area contributed by atoms with Crippen LogP contribution in [-0.2, 0) is 21.4 Å². The Morgan fingerprint density at radius 2 is 2.04 bits per heavy atom. The molecule has 3 rings (SSSR count). The Labute approximate surface area is 166 Å². The molecule has 10 heteroatoms. The van der Waals surface area contributed by atoms with Gasteiger partial charge in [-0.2, -0.15) is 4.72 Å². The van der Waals surface area contributed by atoms with Crippen molar-refractivity contribution < 1.29 is 22.4 Å². The van der Waals surface area contributed by atoms with Gasteiger partial charge in [0.1, 0.15) is 12.0 Å². The molecule has 0 spiro atoms. The summed E-state index contributed by atoms with van der Waals surface area (Å²) in [4.78, 5) is 17.5. The minimum Gasteiger partial charge on any atom is -0.497 e. The largest absolute Gasteiger partial charge is 0.497 e. The van der Waals surface area contributed by atoms with Gasteiger partial charge < -0.3 is 14.5 Å². The fraction of sp³-hybridized carbons (Fsp3) is 0.222. The first-order valence-corrected chi connectivity index (χ1v) is 10.7. The normalized spacial score (nSPS) is 12.5. The Morgan fingerprint density at radius 3 is 2.68 bits per heavy atom. The van der Waals surface area contributed by atoms with Crippen molar-refractivity contribution >= 4 is 27.3 Å². The molecule has 0 bridgehead atoms. The highest BCUT2D eigenvalue weighted by Gasteiger charge is 2.22. The molecule has 2 N–H and O–H groups in total. The molecule has 2 heterocycles. The molecule has 0 saturated carbocycles. The molecule has 0 fully saturated rings. The molecule has 1 amide bonds. The Morgan fingerprint density at radius 1 is 1.29 bits per heavy atom. The monoisotopic (exact) mass is 421 g/mol. The molecule has 8 nitrogen and oxygen atoms in total. The number of hydrogen-bond donors (Lipinski definition) is 2. The molecule has 0 aliphatic carbocycles. The zero-order chi connectivity index (χ0) is 20.1. The number of hydrogen-bond acceptors (Lipinski definition) is 7. The molecule has 0 radical (unpaired) electrons. The highest BCUT2D eigenvalue weighted by Crippen LogP contribution is 2.23. The number of rotatable bonds is 8. The van der Waals surface area contributed by atoms with Gasteiger partial charge in [-0.3, -0.25) is 4.79 Å². The molecule has 1 atom stereocenters. The highest BCUT2D eigenvalue weighted by atomic mass is 32.2. The minimum atomic E-state index is -3.84. The third kappa shape index (κ3) is 4.77. The number of amides is 1. The summed E-state index contributed by atoms with van der Waals surface area (Å²) >= 11 is 1.50. The molecule has 148 valence electrons. The first kappa shape index (κ1) is 20.1. The van der Waals surface area contributed by atoms with E-state index in [1.807, 2.05) is 17.5 Å². The fourth-order valence-corrected chi connectivity index (χ4v) is 4.20. The van der Waals surface area contributed by atoms with Gasteiger partial charge in [0.2, 0.25) is 21.8 Å². The third-order valence-electron chi connectivity index (χ3n) is 3.82. The molecule has 0 aliphatic heterocycles. The van der Waals surface area contributed by atoms with Gasteiger partial charge >= 0.3 is 0 Å². The molecular formula is C18H19N3O5S2. The SMILES string of the molecule is COc1ccc(S(=O)(=O)NC(C)C(=O)NCc2coc(-c3cccs3)n2)cc1. The van der Waals surface area contributed by atoms with E-state index in [1.54, 1.807) is 0 Å². The van der Waals surface area contributed by atoms with E-state index in [0.717, 1.165) is 4.88 Å². The maximum atomic E-state index is 12.4. The van der Waals surface area contributed by atoms with E-state index in [0.29, 0.717) is 17.3 Å². The number of benzene rings is 1. The summed E-state index contributed by atoms with van der Waals surface area (Å²) in [6, 6.07) is 8.71. The van der Waals surface area contributed by atoms with Crippen molar-refractivity contribution in [1.29, 1.82) is 0 Å². The summed E-state index contributed by atoms with van der Waals surface area (Å²) in [7, 11) is -2.34. The van der Waals surface area contributed by atoms with Gasteiger partial charge in [-0.1, -0.05) is 6.07 Å². The Kier molecular flexibility index (Phi) is 6.12. The summed E-state index contributed by atoms with van der Waals surface area (Å²) in [6.45, 7) is 1.60. The van der Waals surface area contributed by atoms with Crippen LogP contribution in [0.2, 0.25) is 0 Å². The van der Waals surface area contributed by atoms with Crippen LogP contribution in [0.3, 0.4) is 0 Å². The number of aromatic nitrogens is 1. The topological polar surface area (TPSA) is 111 Å². The smallest absolute Gasteiger partial charge is 0.241 e. The predicted octanol–water partition coefficient (Wildman–Crippen LogP) is 2.39. The van der Waals surface area contributed by atoms with Gasteiger partial charge in [-0.25, -0.2) is 13.4 Å². The maximum absolute atomic E-state index is 12.4. The van der Waals surface area contributed by atoms with Crippen LogP contribution in [-0.4, -0.2) is 32.5 Å². The van der Waals surface area contributed by atoms with Crippen LogP contribution in [0, 0.1) is 0 Å². The molecule has 1 unspecified atom stereocenters. The lowest BCUT2D eigenvalue weighted by atomic mass is 10.3. The van der Waals surface area contributed by atoms with E-state index in [9.17, 15) is 13.2 Å². The number of carbonyl (C=O) groups is 1. The standard InChI is InChI=1S/C18H19N3O5S2/c1-12(21-28(23,24)15-7-5-14(25-2)6-8-15)17(22)19-10-13-11-26-18(20-13)16-4-3-9-27-16/h3-9,11-12,21H,10H2,1-2H3,(H,19,22).